The molecule has 32 heavy (non-hydrogen) atoms. The van der Waals surface area contributed by atoms with Crippen LogP contribution < -0.4 is 14.9 Å². The molecule has 0 aliphatic carbocycles. The number of pyridine rings is 1. The summed E-state index contributed by atoms with van der Waals surface area (Å²) in [5.41, 5.74) is 2.47. The van der Waals surface area contributed by atoms with Gasteiger partial charge in [0.25, 0.3) is 0 Å². The van der Waals surface area contributed by atoms with Gasteiger partial charge in [0, 0.05) is 35.6 Å². The highest BCUT2D eigenvalue weighted by molar-refractivity contribution is 6.70. The third kappa shape index (κ3) is 3.74. The fourth-order valence-corrected chi connectivity index (χ4v) is 3.85. The largest absolute Gasteiger partial charge is 0.493 e. The number of methoxy groups -OCH3 is 1. The van der Waals surface area contributed by atoms with Gasteiger partial charge in [-0.1, -0.05) is 6.92 Å². The zero-order chi connectivity index (χ0) is 22.7. The number of ether oxygens (including phenoxy) is 1. The summed E-state index contributed by atoms with van der Waals surface area (Å²) < 4.78 is 5.31. The van der Waals surface area contributed by atoms with Crippen molar-refractivity contribution in [3.8, 4) is 23.1 Å². The lowest BCUT2D eigenvalue weighted by Gasteiger charge is -2.23. The van der Waals surface area contributed by atoms with E-state index in [0.29, 0.717) is 52.8 Å². The van der Waals surface area contributed by atoms with Crippen LogP contribution in [0, 0.1) is 11.3 Å². The molecule has 1 aromatic carbocycles. The van der Waals surface area contributed by atoms with Gasteiger partial charge in [-0.25, -0.2) is 15.0 Å². The van der Waals surface area contributed by atoms with Crippen molar-refractivity contribution < 1.29 is 14.6 Å². The molecule has 0 spiro atoms. The first-order valence-electron chi connectivity index (χ1n) is 9.87. The van der Waals surface area contributed by atoms with Crippen LogP contribution >= 0.6 is 0 Å². The Labute approximate surface area is 186 Å². The lowest BCUT2D eigenvalue weighted by atomic mass is 9.83. The fourth-order valence-electron chi connectivity index (χ4n) is 3.85. The smallest absolute Gasteiger partial charge is 0.329 e. The molecule has 9 nitrogen and oxygen atoms in total. The predicted molar refractivity (Wildman–Crippen MR) is 121 cm³/mol. The molecule has 2 N–H and O–H groups in total. The van der Waals surface area contributed by atoms with Crippen LogP contribution in [0.5, 0.6) is 5.75 Å². The van der Waals surface area contributed by atoms with Crippen molar-refractivity contribution in [2.75, 3.05) is 30.4 Å². The minimum atomic E-state index is -0.633. The second kappa shape index (κ2) is 8.65. The maximum atomic E-state index is 11.1. The van der Waals surface area contributed by atoms with Crippen molar-refractivity contribution >= 4 is 31.1 Å². The Morgan fingerprint density at radius 3 is 2.94 bits per heavy atom. The summed E-state index contributed by atoms with van der Waals surface area (Å²) in [6, 6.07) is 11.1. The van der Waals surface area contributed by atoms with Crippen molar-refractivity contribution in [1.82, 2.24) is 15.0 Å². The number of carbonyl (C=O) groups is 1. The van der Waals surface area contributed by atoms with Crippen LogP contribution in [0.15, 0.2) is 42.7 Å². The van der Waals surface area contributed by atoms with Crippen molar-refractivity contribution in [3.63, 3.8) is 0 Å². The van der Waals surface area contributed by atoms with Crippen LogP contribution in [0.3, 0.4) is 0 Å². The van der Waals surface area contributed by atoms with Gasteiger partial charge in [0.15, 0.2) is 11.6 Å². The first-order chi connectivity index (χ1) is 15.5. The minimum absolute atomic E-state index is 0.131. The molecule has 0 saturated carbocycles. The normalized spacial score (nSPS) is 16.8. The molecule has 2 aromatic heterocycles. The average Bonchev–Trinajstić information content (AvgIpc) is 3.11. The highest BCUT2D eigenvalue weighted by Gasteiger charge is 2.40. The molecule has 1 aliphatic heterocycles. The number of nitriles is 1. The number of carbonyl (C=O) groups excluding carboxylic acids is 1. The summed E-state index contributed by atoms with van der Waals surface area (Å²) in [4.78, 5) is 25.9. The van der Waals surface area contributed by atoms with Gasteiger partial charge in [0.1, 0.15) is 12.3 Å². The molecule has 4 rings (SSSR count). The number of aliphatic hydroxyl groups is 1. The van der Waals surface area contributed by atoms with E-state index in [4.69, 9.17) is 4.74 Å². The molecule has 0 amide bonds. The third-order valence-corrected chi connectivity index (χ3v) is 5.45. The van der Waals surface area contributed by atoms with E-state index in [1.54, 1.807) is 48.6 Å². The predicted octanol–water partition coefficient (Wildman–Crippen LogP) is 2.04. The molecule has 1 aliphatic rings. The minimum Gasteiger partial charge on any atom is -0.493 e. The zero-order valence-electron chi connectivity index (χ0n) is 17.6. The quantitative estimate of drug-likeness (QED) is 0.431. The van der Waals surface area contributed by atoms with E-state index in [1.807, 2.05) is 13.0 Å². The summed E-state index contributed by atoms with van der Waals surface area (Å²) in [6.45, 7) is 2.16. The molecule has 159 valence electrons. The highest BCUT2D eigenvalue weighted by Crippen LogP contribution is 2.44. The topological polar surface area (TPSA) is 124 Å². The van der Waals surface area contributed by atoms with Crippen molar-refractivity contribution in [1.29, 1.82) is 5.26 Å². The van der Waals surface area contributed by atoms with E-state index < -0.39 is 5.41 Å². The number of aliphatic hydroxyl groups excluding tert-OH is 1. The van der Waals surface area contributed by atoms with E-state index >= 15 is 0 Å². The highest BCUT2D eigenvalue weighted by atomic mass is 16.5. The van der Waals surface area contributed by atoms with Crippen LogP contribution in [0.4, 0.5) is 17.5 Å². The molecular formula is C22H20BN6O3. The summed E-state index contributed by atoms with van der Waals surface area (Å²) in [5.74, 6) is 1.35. The Kier molecular flexibility index (Phi) is 5.75. The lowest BCUT2D eigenvalue weighted by molar-refractivity contribution is 0.217. The number of nitrogens with zero attached hydrogens (tertiary/aromatic N) is 5. The Morgan fingerprint density at radius 1 is 1.38 bits per heavy atom. The zero-order valence-corrected chi connectivity index (χ0v) is 17.6. The molecule has 0 bridgehead atoms. The van der Waals surface area contributed by atoms with Gasteiger partial charge >= 0.3 is 7.41 Å². The van der Waals surface area contributed by atoms with E-state index in [9.17, 15) is 15.2 Å². The van der Waals surface area contributed by atoms with Crippen LogP contribution in [0.25, 0.3) is 11.3 Å². The van der Waals surface area contributed by atoms with Gasteiger partial charge in [-0.2, -0.15) is 5.26 Å². The Bertz CT molecular complexity index is 1210. The molecule has 10 heteroatoms. The number of hydrogen-bond acceptors (Lipinski definition) is 9. The Balaban J connectivity index is 1.77. The molecule has 0 unspecified atom stereocenters. The van der Waals surface area contributed by atoms with Crippen molar-refractivity contribution in [2.45, 2.75) is 12.3 Å². The molecule has 3 heterocycles. The van der Waals surface area contributed by atoms with Gasteiger partial charge in [-0.05, 0) is 35.9 Å². The third-order valence-electron chi connectivity index (χ3n) is 5.45. The molecule has 1 radical (unpaired) electrons. The number of aromatic nitrogens is 3. The number of rotatable bonds is 7. The van der Waals surface area contributed by atoms with Gasteiger partial charge < -0.3 is 24.8 Å². The number of fused-ring (bicyclic) bond motifs is 1. The van der Waals surface area contributed by atoms with Crippen LogP contribution in [0.1, 0.15) is 18.1 Å². The van der Waals surface area contributed by atoms with Crippen LogP contribution in [-0.4, -0.2) is 53.9 Å². The average molecular weight is 427 g/mol. The molecule has 0 fully saturated rings. The first-order valence-corrected chi connectivity index (χ1v) is 9.87. The van der Waals surface area contributed by atoms with E-state index in [-0.39, 0.29) is 6.61 Å². The van der Waals surface area contributed by atoms with Crippen molar-refractivity contribution in [3.05, 3.63) is 53.9 Å². The van der Waals surface area contributed by atoms with Gasteiger partial charge in [-0.3, -0.25) is 0 Å². The summed E-state index contributed by atoms with van der Waals surface area (Å²) in [5, 5.41) is 22.9. The summed E-state index contributed by atoms with van der Waals surface area (Å²) in [6.07, 6.45) is 3.92. The van der Waals surface area contributed by atoms with E-state index in [2.05, 4.69) is 26.3 Å². The van der Waals surface area contributed by atoms with E-state index in [1.165, 1.54) is 7.41 Å². The summed E-state index contributed by atoms with van der Waals surface area (Å²) >= 11 is 0. The molecular weight excluding hydrogens is 407 g/mol. The second-order valence-corrected chi connectivity index (χ2v) is 7.61. The maximum absolute atomic E-state index is 11.1. The first kappa shape index (κ1) is 21.3. The second-order valence-electron chi connectivity index (χ2n) is 7.61. The monoisotopic (exact) mass is 427 g/mol. The van der Waals surface area contributed by atoms with E-state index in [0.717, 1.165) is 5.56 Å². The lowest BCUT2D eigenvalue weighted by Crippen LogP contribution is -2.36. The maximum Gasteiger partial charge on any atom is 0.329 e. The molecule has 1 atom stereocenters. The number of hydrogen-bond donors (Lipinski definition) is 2. The van der Waals surface area contributed by atoms with Gasteiger partial charge in [-0.15, -0.1) is 0 Å². The Hall–Kier alpha value is -3.97. The SMILES string of the molecule is COc1cccnc1Nc1nccc(-c2cc(C#N)c3c(c2)[C@@](C)(CO)CN3[B]C=O)n1. The molecule has 3 aromatic rings. The molecule has 0 saturated heterocycles. The van der Waals surface area contributed by atoms with Crippen LogP contribution in [-0.2, 0) is 10.2 Å². The fraction of sp³-hybridized carbons (Fsp3) is 0.227. The number of nitrogens with one attached hydrogen (secondary N) is 1. The van der Waals surface area contributed by atoms with Gasteiger partial charge in [0.05, 0.1) is 25.0 Å². The Morgan fingerprint density at radius 2 is 2.22 bits per heavy atom. The number of benzene rings is 1. The summed E-state index contributed by atoms with van der Waals surface area (Å²) in [7, 11) is 2.93. The van der Waals surface area contributed by atoms with Crippen LogP contribution in [0.2, 0.25) is 0 Å². The number of anilines is 3. The van der Waals surface area contributed by atoms with Gasteiger partial charge in [0.2, 0.25) is 5.95 Å². The van der Waals surface area contributed by atoms with Crippen molar-refractivity contribution in [2.24, 2.45) is 0 Å². The standard InChI is InChI=1S/C22H20BN6O3/c1-22(12-30)11-29(23-13-31)19-15(10-24)8-14(9-16(19)22)17-5-7-26-21(27-17)28-20-18(32-2)4-3-6-25-20/h3-9,13,30H,11-12H2,1-2H3,(H,25,26,27,28)/t22-/m1/s1.